The van der Waals surface area contributed by atoms with E-state index in [1.165, 1.54) is 69.2 Å². The smallest absolute Gasteiger partial charge is 0.226 e. The number of nitrogens with one attached hydrogen (secondary N) is 1. The predicted octanol–water partition coefficient (Wildman–Crippen LogP) is 7.97. The summed E-state index contributed by atoms with van der Waals surface area (Å²) in [6, 6.07) is 7.41. The largest absolute Gasteiger partial charge is 0.507 e. The molecule has 66 heavy (non-hydrogen) atoms. The zero-order valence-electron chi connectivity index (χ0n) is 39.9. The highest BCUT2D eigenvalue weighted by Gasteiger charge is 2.36. The third-order valence-electron chi connectivity index (χ3n) is 12.8. The fraction of sp³-hybridized carbons (Fsp3) is 0.615. The second-order valence-corrected chi connectivity index (χ2v) is 18.4. The van der Waals surface area contributed by atoms with E-state index in [0.717, 1.165) is 25.7 Å². The number of likely N-dealkylation sites (N-methyl/N-ethyl adjacent to an activating group) is 1. The van der Waals surface area contributed by atoms with Crippen LogP contribution in [0, 0.1) is 17.8 Å². The number of aromatic hydroxyl groups is 1. The number of nitrogens with zero attached hydrogens (tertiary/aromatic N) is 3. The first-order valence-electron chi connectivity index (χ1n) is 24.5. The number of carbonyl (C=O) groups excluding carboxylic acids is 6. The number of nitrogens with two attached hydrogens (primary N) is 1. The topological polar surface area (TPSA) is 218 Å². The number of benzene rings is 2. The molecule has 0 aliphatic carbocycles. The van der Waals surface area contributed by atoms with Crippen molar-refractivity contribution in [2.24, 2.45) is 33.7 Å². The number of fused-ring (bicyclic) bond motifs is 5. The van der Waals surface area contributed by atoms with Crippen molar-refractivity contribution in [3.05, 3.63) is 47.5 Å². The molecule has 0 spiro atoms. The molecule has 0 radical (unpaired) electrons. The van der Waals surface area contributed by atoms with Crippen LogP contribution < -0.4 is 15.8 Å². The Hall–Kier alpha value is -5.08. The molecule has 4 rings (SSSR count). The Kier molecular flexibility index (Phi) is 22.9. The zero-order valence-corrected chi connectivity index (χ0v) is 39.9. The maximum absolute atomic E-state index is 14.7. The van der Waals surface area contributed by atoms with Crippen molar-refractivity contribution in [2.45, 2.75) is 161 Å². The zero-order chi connectivity index (χ0) is 48.0. The lowest BCUT2D eigenvalue weighted by molar-refractivity contribution is -0.144. The Bertz CT molecular complexity index is 2010. The van der Waals surface area contributed by atoms with Crippen LogP contribution in [0.5, 0.6) is 11.5 Å². The molecule has 14 nitrogen and oxygen atoms in total. The van der Waals surface area contributed by atoms with Gasteiger partial charge in [-0.15, -0.1) is 0 Å². The Morgan fingerprint density at radius 1 is 0.894 bits per heavy atom. The fourth-order valence-electron chi connectivity index (χ4n) is 8.94. The van der Waals surface area contributed by atoms with Crippen molar-refractivity contribution in [2.75, 3.05) is 26.8 Å². The molecular formula is C52H75N5O9. The number of rotatable bonds is 28. The lowest BCUT2D eigenvalue weighted by atomic mass is 9.87. The molecule has 4 bridgehead atoms. The van der Waals surface area contributed by atoms with Crippen molar-refractivity contribution in [1.82, 2.24) is 10.2 Å². The first kappa shape index (κ1) is 53.5. The number of phenols is 1. The van der Waals surface area contributed by atoms with Crippen molar-refractivity contribution < 1.29 is 43.7 Å². The predicted molar refractivity (Wildman–Crippen MR) is 257 cm³/mol. The molecule has 2 aromatic carbocycles. The Labute approximate surface area is 391 Å². The molecule has 0 saturated heterocycles. The summed E-state index contributed by atoms with van der Waals surface area (Å²) in [5, 5.41) is 31.5. The highest BCUT2D eigenvalue weighted by molar-refractivity contribution is 6.43. The minimum atomic E-state index is -1.21. The molecule has 2 heterocycles. The molecule has 2 aromatic rings. The van der Waals surface area contributed by atoms with Crippen LogP contribution in [-0.4, -0.2) is 94.8 Å². The third-order valence-corrected chi connectivity index (χ3v) is 12.8. The molecule has 0 aromatic heterocycles. The lowest BCUT2D eigenvalue weighted by Crippen LogP contribution is -2.46. The Morgan fingerprint density at radius 3 is 2.24 bits per heavy atom. The summed E-state index contributed by atoms with van der Waals surface area (Å²) in [6.07, 6.45) is 16.2. The van der Waals surface area contributed by atoms with Gasteiger partial charge >= 0.3 is 0 Å². The molecule has 2 amide bonds. The van der Waals surface area contributed by atoms with E-state index in [4.69, 9.17) is 10.5 Å². The molecule has 5 N–H and O–H groups in total. The average molecular weight is 914 g/mol. The van der Waals surface area contributed by atoms with Gasteiger partial charge in [0, 0.05) is 74.2 Å². The Morgan fingerprint density at radius 2 is 1.59 bits per heavy atom. The highest BCUT2D eigenvalue weighted by Crippen LogP contribution is 2.40. The van der Waals surface area contributed by atoms with Gasteiger partial charge in [0.2, 0.25) is 11.8 Å². The Balaban J connectivity index is 1.62. The van der Waals surface area contributed by atoms with Gasteiger partial charge in [-0.2, -0.15) is 10.2 Å². The maximum atomic E-state index is 14.7. The van der Waals surface area contributed by atoms with Gasteiger partial charge in [0.25, 0.3) is 0 Å². The van der Waals surface area contributed by atoms with Crippen LogP contribution in [-0.2, 0) is 35.2 Å². The second kappa shape index (κ2) is 28.2. The molecule has 14 heteroatoms. The van der Waals surface area contributed by atoms with Crippen LogP contribution in [0.3, 0.4) is 0 Å². The summed E-state index contributed by atoms with van der Waals surface area (Å²) in [5.41, 5.74) is 7.74. The van der Waals surface area contributed by atoms with E-state index >= 15 is 0 Å². The van der Waals surface area contributed by atoms with E-state index in [1.54, 1.807) is 44.2 Å². The van der Waals surface area contributed by atoms with Gasteiger partial charge in [-0.25, -0.2) is 0 Å². The first-order valence-corrected chi connectivity index (χ1v) is 24.5. The van der Waals surface area contributed by atoms with E-state index < -0.39 is 47.3 Å². The van der Waals surface area contributed by atoms with Gasteiger partial charge in [0.05, 0.1) is 12.6 Å². The molecule has 2 aliphatic rings. The number of unbranched alkanes of at least 4 members (excludes halogenated alkanes) is 11. The minimum absolute atomic E-state index is 0.000228. The molecule has 2 aliphatic heterocycles. The van der Waals surface area contributed by atoms with Gasteiger partial charge in [0.1, 0.15) is 35.6 Å². The van der Waals surface area contributed by atoms with Crippen molar-refractivity contribution in [3.8, 4) is 22.6 Å². The summed E-state index contributed by atoms with van der Waals surface area (Å²) < 4.78 is 5.94. The number of carbonyl (C=O) groups is 6. The molecule has 5 atom stereocenters. The normalized spacial score (nSPS) is 18.2. The number of hydrogen-bond acceptors (Lipinski definition) is 12. The van der Waals surface area contributed by atoms with Gasteiger partial charge < -0.3 is 30.9 Å². The molecule has 0 saturated carbocycles. The number of ketones is 4. The van der Waals surface area contributed by atoms with Gasteiger partial charge in [-0.3, -0.25) is 28.8 Å². The van der Waals surface area contributed by atoms with Crippen molar-refractivity contribution in [3.63, 3.8) is 0 Å². The quantitative estimate of drug-likeness (QED) is 0.0604. The van der Waals surface area contributed by atoms with Gasteiger partial charge in [-0.1, -0.05) is 104 Å². The van der Waals surface area contributed by atoms with Gasteiger partial charge in [0.15, 0.2) is 17.3 Å². The standard InChI is InChI=1S/C52H75N5O9/c1-5-6-7-8-9-10-11-12-13-14-15-19-40(59)33-39(18-16-17-25-53)52(65)57(4)49-38-21-23-48(66-28-27-58)42(34-38)41-31-37(20-22-45(41)60)32-44(55-51(64)36(3)30-47(49)62)46(61)29-35(2)50(63)43-24-26-54-56-43/h20-23,26,31,34-36,39,44,49,58,60H,5-19,24-25,27-30,32-33,53H2,1-4H3,(H,55,64)/t35-,36-,39-,44+,49+/m1/s1. The van der Waals surface area contributed by atoms with E-state index in [-0.39, 0.29) is 74.3 Å². The van der Waals surface area contributed by atoms with E-state index in [0.29, 0.717) is 60.2 Å². The molecule has 362 valence electrons. The number of phenolic OH excluding ortho intramolecular Hbond substituents is 1. The monoisotopic (exact) mass is 914 g/mol. The molecule has 0 unspecified atom stereocenters. The number of hydrogen-bond donors (Lipinski definition) is 4. The summed E-state index contributed by atoms with van der Waals surface area (Å²) in [5.74, 6) is -4.32. The van der Waals surface area contributed by atoms with Crippen LogP contribution in [0.25, 0.3) is 11.1 Å². The fourth-order valence-corrected chi connectivity index (χ4v) is 8.94. The highest BCUT2D eigenvalue weighted by atomic mass is 16.5. The SMILES string of the molecule is CCCCCCCCCCCCCC(=O)C[C@@H](CCCCN)C(=O)N(C)[C@@H]1C(=O)C[C@@H](C)C(=O)N[C@H](C(=O)C[C@@H](C)C(=O)C2=NN=CC2)Cc2ccc(O)c(c2)-c2cc1ccc2OCCO. The van der Waals surface area contributed by atoms with Crippen LogP contribution in [0.4, 0.5) is 0 Å². The van der Waals surface area contributed by atoms with E-state index in [2.05, 4.69) is 22.4 Å². The number of Topliss-reactive ketones (excluding diaryl/α,β-unsaturated/α-hetero) is 4. The molecular weight excluding hydrogens is 839 g/mol. The van der Waals surface area contributed by atoms with Gasteiger partial charge in [-0.05, 0) is 67.6 Å². The van der Waals surface area contributed by atoms with Crippen molar-refractivity contribution >= 4 is 46.9 Å². The van der Waals surface area contributed by atoms with Crippen LogP contribution in [0.15, 0.2) is 46.6 Å². The minimum Gasteiger partial charge on any atom is -0.507 e. The van der Waals surface area contributed by atoms with Crippen LogP contribution in [0.1, 0.15) is 160 Å². The van der Waals surface area contributed by atoms with E-state index in [1.807, 2.05) is 0 Å². The van der Waals surface area contributed by atoms with Crippen LogP contribution in [0.2, 0.25) is 0 Å². The van der Waals surface area contributed by atoms with Crippen molar-refractivity contribution in [1.29, 1.82) is 0 Å². The number of aliphatic hydroxyl groups is 1. The third kappa shape index (κ3) is 16.4. The number of aliphatic hydroxyl groups excluding tert-OH is 1. The number of ether oxygens (including phenoxy) is 1. The maximum Gasteiger partial charge on any atom is 0.226 e. The summed E-state index contributed by atoms with van der Waals surface area (Å²) in [7, 11) is 1.54. The average Bonchev–Trinajstić information content (AvgIpc) is 3.85. The lowest BCUT2D eigenvalue weighted by Gasteiger charge is -2.32. The van der Waals surface area contributed by atoms with E-state index in [9.17, 15) is 39.0 Å². The molecule has 0 fully saturated rings. The summed E-state index contributed by atoms with van der Waals surface area (Å²) >= 11 is 0. The summed E-state index contributed by atoms with van der Waals surface area (Å²) in [4.78, 5) is 85.3. The second-order valence-electron chi connectivity index (χ2n) is 18.4. The van der Waals surface area contributed by atoms with Crippen LogP contribution >= 0.6 is 0 Å². The first-order chi connectivity index (χ1) is 31.8. The summed E-state index contributed by atoms with van der Waals surface area (Å²) in [6.45, 7) is 5.51. The number of amides is 2.